The Labute approximate surface area is 128 Å². The first kappa shape index (κ1) is 15.9. The minimum Gasteiger partial charge on any atom is -0.211 e. The lowest BCUT2D eigenvalue weighted by Gasteiger charge is -2.21. The highest BCUT2D eigenvalue weighted by Gasteiger charge is 2.17. The molecule has 0 unspecified atom stereocenters. The molecule has 112 valence electrons. The molecule has 1 N–H and O–H groups in total. The van der Waals surface area contributed by atoms with E-state index in [2.05, 4.69) is 20.7 Å². The van der Waals surface area contributed by atoms with Gasteiger partial charge in [-0.2, -0.15) is 0 Å². The Bertz CT molecular complexity index is 556. The monoisotopic (exact) mass is 363 g/mol. The SMILES string of the molecule is O=S(=O)(NCCC1CCCCC1)c1ccc(Br)c(F)c1. The number of hydrogen-bond donors (Lipinski definition) is 1. The highest BCUT2D eigenvalue weighted by atomic mass is 79.9. The van der Waals surface area contributed by atoms with Crippen molar-refractivity contribution in [1.29, 1.82) is 0 Å². The molecule has 0 radical (unpaired) electrons. The van der Waals surface area contributed by atoms with Gasteiger partial charge < -0.3 is 0 Å². The molecule has 1 aromatic rings. The van der Waals surface area contributed by atoms with Gasteiger partial charge in [-0.3, -0.25) is 0 Å². The van der Waals surface area contributed by atoms with E-state index in [4.69, 9.17) is 0 Å². The first-order chi connectivity index (χ1) is 9.49. The minimum atomic E-state index is -3.61. The Hall–Kier alpha value is -0.460. The first-order valence-electron chi connectivity index (χ1n) is 6.94. The molecule has 1 saturated carbocycles. The first-order valence-corrected chi connectivity index (χ1v) is 9.21. The van der Waals surface area contributed by atoms with Crippen LogP contribution in [-0.4, -0.2) is 15.0 Å². The molecule has 3 nitrogen and oxygen atoms in total. The summed E-state index contributed by atoms with van der Waals surface area (Å²) in [7, 11) is -3.61. The van der Waals surface area contributed by atoms with E-state index >= 15 is 0 Å². The van der Waals surface area contributed by atoms with Crippen LogP contribution in [0.2, 0.25) is 0 Å². The highest BCUT2D eigenvalue weighted by Crippen LogP contribution is 2.26. The predicted molar refractivity (Wildman–Crippen MR) is 80.5 cm³/mol. The fourth-order valence-corrected chi connectivity index (χ4v) is 3.91. The fourth-order valence-electron chi connectivity index (χ4n) is 2.60. The lowest BCUT2D eigenvalue weighted by atomic mass is 9.87. The predicted octanol–water partition coefficient (Wildman–Crippen LogP) is 3.84. The van der Waals surface area contributed by atoms with Gasteiger partial charge in [0.15, 0.2) is 0 Å². The van der Waals surface area contributed by atoms with E-state index in [0.29, 0.717) is 12.5 Å². The molecule has 0 amide bonds. The zero-order chi connectivity index (χ0) is 14.6. The number of benzene rings is 1. The van der Waals surface area contributed by atoms with Crippen LogP contribution in [0.5, 0.6) is 0 Å². The average Bonchev–Trinajstić information content (AvgIpc) is 2.43. The zero-order valence-corrected chi connectivity index (χ0v) is 13.6. The molecule has 0 bridgehead atoms. The van der Waals surface area contributed by atoms with E-state index in [9.17, 15) is 12.8 Å². The number of hydrogen-bond acceptors (Lipinski definition) is 2. The molecule has 20 heavy (non-hydrogen) atoms. The Morgan fingerprint density at radius 1 is 1.25 bits per heavy atom. The summed E-state index contributed by atoms with van der Waals surface area (Å²) >= 11 is 3.01. The average molecular weight is 364 g/mol. The van der Waals surface area contributed by atoms with E-state index in [1.165, 1.54) is 44.2 Å². The molecule has 6 heteroatoms. The summed E-state index contributed by atoms with van der Waals surface area (Å²) in [5.41, 5.74) is 0. The van der Waals surface area contributed by atoms with Crippen LogP contribution in [0.4, 0.5) is 4.39 Å². The summed E-state index contributed by atoms with van der Waals surface area (Å²) in [6.45, 7) is 0.421. The van der Waals surface area contributed by atoms with Crippen molar-refractivity contribution in [1.82, 2.24) is 4.72 Å². The number of nitrogens with one attached hydrogen (secondary N) is 1. The Kier molecular flexibility index (Phi) is 5.57. The normalized spacial score (nSPS) is 17.3. The van der Waals surface area contributed by atoms with Crippen LogP contribution in [-0.2, 0) is 10.0 Å². The van der Waals surface area contributed by atoms with Gasteiger partial charge in [-0.25, -0.2) is 17.5 Å². The topological polar surface area (TPSA) is 46.2 Å². The molecule has 1 aliphatic carbocycles. The molecule has 2 rings (SSSR count). The molecular formula is C14H19BrFNO2S. The van der Waals surface area contributed by atoms with Gasteiger partial charge in [0.1, 0.15) is 5.82 Å². The molecule has 0 atom stereocenters. The lowest BCUT2D eigenvalue weighted by Crippen LogP contribution is -2.26. The van der Waals surface area contributed by atoms with Crippen molar-refractivity contribution in [3.05, 3.63) is 28.5 Å². The fraction of sp³-hybridized carbons (Fsp3) is 0.571. The molecule has 0 aliphatic heterocycles. The molecule has 1 aliphatic rings. The second-order valence-corrected chi connectivity index (χ2v) is 7.89. The minimum absolute atomic E-state index is 0.0261. The van der Waals surface area contributed by atoms with Crippen LogP contribution >= 0.6 is 15.9 Å². The van der Waals surface area contributed by atoms with Crippen LogP contribution in [0, 0.1) is 11.7 Å². The molecular weight excluding hydrogens is 345 g/mol. The van der Waals surface area contributed by atoms with Crippen molar-refractivity contribution in [3.8, 4) is 0 Å². The van der Waals surface area contributed by atoms with Gasteiger partial charge in [0.05, 0.1) is 9.37 Å². The van der Waals surface area contributed by atoms with Crippen molar-refractivity contribution >= 4 is 26.0 Å². The number of halogens is 2. The van der Waals surface area contributed by atoms with Gasteiger partial charge in [0.2, 0.25) is 10.0 Å². The summed E-state index contributed by atoms with van der Waals surface area (Å²) in [5.74, 6) is 0.0493. The van der Waals surface area contributed by atoms with Crippen LogP contribution < -0.4 is 4.72 Å². The van der Waals surface area contributed by atoms with Gasteiger partial charge >= 0.3 is 0 Å². The molecule has 0 saturated heterocycles. The van der Waals surface area contributed by atoms with Crippen LogP contribution in [0.3, 0.4) is 0 Å². The Morgan fingerprint density at radius 2 is 1.95 bits per heavy atom. The number of sulfonamides is 1. The van der Waals surface area contributed by atoms with Gasteiger partial charge in [-0.15, -0.1) is 0 Å². The van der Waals surface area contributed by atoms with E-state index in [-0.39, 0.29) is 9.37 Å². The largest absolute Gasteiger partial charge is 0.240 e. The summed E-state index contributed by atoms with van der Waals surface area (Å²) in [5, 5.41) is 0. The Morgan fingerprint density at radius 3 is 2.60 bits per heavy atom. The second kappa shape index (κ2) is 7.00. The van der Waals surface area contributed by atoms with Crippen LogP contribution in [0.1, 0.15) is 38.5 Å². The molecule has 1 fully saturated rings. The van der Waals surface area contributed by atoms with Crippen molar-refractivity contribution < 1.29 is 12.8 Å². The van der Waals surface area contributed by atoms with Crippen molar-refractivity contribution in [2.45, 2.75) is 43.4 Å². The van der Waals surface area contributed by atoms with Crippen LogP contribution in [0.25, 0.3) is 0 Å². The molecule has 0 aromatic heterocycles. The van der Waals surface area contributed by atoms with E-state index in [0.717, 1.165) is 12.5 Å². The molecule has 0 heterocycles. The highest BCUT2D eigenvalue weighted by molar-refractivity contribution is 9.10. The summed E-state index contributed by atoms with van der Waals surface area (Å²) in [6, 6.07) is 3.84. The van der Waals surface area contributed by atoms with Gasteiger partial charge in [0, 0.05) is 6.54 Å². The lowest BCUT2D eigenvalue weighted by molar-refractivity contribution is 0.339. The van der Waals surface area contributed by atoms with Gasteiger partial charge in [0.25, 0.3) is 0 Å². The number of rotatable bonds is 5. The quantitative estimate of drug-likeness (QED) is 0.863. The van der Waals surface area contributed by atoms with Crippen molar-refractivity contribution in [2.24, 2.45) is 5.92 Å². The van der Waals surface area contributed by atoms with Gasteiger partial charge in [-0.05, 0) is 46.5 Å². The maximum Gasteiger partial charge on any atom is 0.240 e. The maximum atomic E-state index is 13.4. The summed E-state index contributed by atoms with van der Waals surface area (Å²) < 4.78 is 40.3. The van der Waals surface area contributed by atoms with Crippen molar-refractivity contribution in [3.63, 3.8) is 0 Å². The zero-order valence-electron chi connectivity index (χ0n) is 11.2. The van der Waals surface area contributed by atoms with E-state index in [1.54, 1.807) is 0 Å². The third-order valence-electron chi connectivity index (χ3n) is 3.77. The van der Waals surface area contributed by atoms with E-state index < -0.39 is 15.8 Å². The second-order valence-electron chi connectivity index (χ2n) is 5.27. The third-order valence-corrected chi connectivity index (χ3v) is 5.87. The summed E-state index contributed by atoms with van der Waals surface area (Å²) in [6.07, 6.45) is 7.02. The van der Waals surface area contributed by atoms with Gasteiger partial charge in [-0.1, -0.05) is 32.1 Å². The van der Waals surface area contributed by atoms with Crippen molar-refractivity contribution in [2.75, 3.05) is 6.54 Å². The van der Waals surface area contributed by atoms with E-state index in [1.807, 2.05) is 0 Å². The smallest absolute Gasteiger partial charge is 0.211 e. The van der Waals surface area contributed by atoms with Crippen LogP contribution in [0.15, 0.2) is 27.6 Å². The maximum absolute atomic E-state index is 13.4. The standard InChI is InChI=1S/C14H19BrFNO2S/c15-13-7-6-12(10-14(13)16)20(18,19)17-9-8-11-4-2-1-3-5-11/h6-7,10-11,17H,1-5,8-9H2. The third kappa shape index (κ3) is 4.27. The molecule has 1 aromatic carbocycles. The molecule has 0 spiro atoms. The Balaban J connectivity index is 1.91. The summed E-state index contributed by atoms with van der Waals surface area (Å²) in [4.78, 5) is -0.0261.